The van der Waals surface area contributed by atoms with Crippen LogP contribution in [0.15, 0.2) is 24.3 Å². The number of esters is 1. The molecule has 0 aromatic carbocycles. The lowest BCUT2D eigenvalue weighted by Gasteiger charge is -2.24. The standard InChI is InChI=1S/C45H85NO5/c1-4-7-10-13-16-19-22-23-24-27-30-33-36-41(51-45(50)38-35-32-29-26-21-18-15-12-9-6-3)39-44(49)46-42(40-47)43(48)37-34-31-28-25-20-17-14-11-8-5-2/h7,10,16,19,41-43,47-48H,4-6,8-9,11-15,17-18,20-40H2,1-3H3,(H,46,49)/b10-7+,19-16+. The Morgan fingerprint density at radius 3 is 1.59 bits per heavy atom. The molecule has 0 fully saturated rings. The van der Waals surface area contributed by atoms with Gasteiger partial charge >= 0.3 is 5.97 Å². The Balaban J connectivity index is 4.61. The Hall–Kier alpha value is -1.66. The van der Waals surface area contributed by atoms with Crippen molar-refractivity contribution in [3.8, 4) is 0 Å². The normalized spacial score (nSPS) is 13.6. The molecule has 0 aliphatic rings. The Labute approximate surface area is 316 Å². The van der Waals surface area contributed by atoms with E-state index in [4.69, 9.17) is 4.74 Å². The van der Waals surface area contributed by atoms with Gasteiger partial charge < -0.3 is 20.3 Å². The van der Waals surface area contributed by atoms with Crippen molar-refractivity contribution in [3.05, 3.63) is 24.3 Å². The summed E-state index contributed by atoms with van der Waals surface area (Å²) in [4.78, 5) is 25.9. The molecule has 0 rings (SSSR count). The van der Waals surface area contributed by atoms with Gasteiger partial charge in [-0.25, -0.2) is 0 Å². The number of ether oxygens (including phenoxy) is 1. The molecule has 0 aromatic rings. The lowest BCUT2D eigenvalue weighted by Crippen LogP contribution is -2.46. The van der Waals surface area contributed by atoms with Gasteiger partial charge in [0.25, 0.3) is 0 Å². The average molecular weight is 720 g/mol. The van der Waals surface area contributed by atoms with Crippen LogP contribution in [0.2, 0.25) is 0 Å². The van der Waals surface area contributed by atoms with Crippen molar-refractivity contribution in [3.63, 3.8) is 0 Å². The topological polar surface area (TPSA) is 95.9 Å². The van der Waals surface area contributed by atoms with Crippen LogP contribution in [0.5, 0.6) is 0 Å². The number of amides is 1. The van der Waals surface area contributed by atoms with Crippen molar-refractivity contribution < 1.29 is 24.5 Å². The van der Waals surface area contributed by atoms with Crippen molar-refractivity contribution in [1.29, 1.82) is 0 Å². The zero-order valence-electron chi connectivity index (χ0n) is 34.0. The fourth-order valence-corrected chi connectivity index (χ4v) is 6.70. The molecule has 3 atom stereocenters. The van der Waals surface area contributed by atoms with Crippen molar-refractivity contribution in [2.45, 2.75) is 244 Å². The molecule has 3 N–H and O–H groups in total. The fraction of sp³-hybridized carbons (Fsp3) is 0.867. The van der Waals surface area contributed by atoms with E-state index in [-0.39, 0.29) is 24.9 Å². The Bertz CT molecular complexity index is 812. The van der Waals surface area contributed by atoms with E-state index in [2.05, 4.69) is 50.4 Å². The summed E-state index contributed by atoms with van der Waals surface area (Å²) in [5.41, 5.74) is 0. The molecule has 51 heavy (non-hydrogen) atoms. The van der Waals surface area contributed by atoms with Crippen LogP contribution in [-0.4, -0.2) is 46.9 Å². The number of aliphatic hydroxyl groups excluding tert-OH is 2. The van der Waals surface area contributed by atoms with Crippen molar-refractivity contribution in [1.82, 2.24) is 5.32 Å². The summed E-state index contributed by atoms with van der Waals surface area (Å²) in [7, 11) is 0. The summed E-state index contributed by atoms with van der Waals surface area (Å²) < 4.78 is 5.88. The van der Waals surface area contributed by atoms with Gasteiger partial charge in [-0.05, 0) is 51.4 Å². The van der Waals surface area contributed by atoms with Gasteiger partial charge in [-0.2, -0.15) is 0 Å². The second kappa shape index (κ2) is 39.5. The number of allylic oxidation sites excluding steroid dienone is 4. The molecule has 0 aromatic heterocycles. The van der Waals surface area contributed by atoms with Gasteiger partial charge in [0.1, 0.15) is 6.10 Å². The second-order valence-electron chi connectivity index (χ2n) is 15.1. The zero-order valence-corrected chi connectivity index (χ0v) is 34.0. The third-order valence-corrected chi connectivity index (χ3v) is 10.0. The minimum absolute atomic E-state index is 0.0719. The van der Waals surface area contributed by atoms with Crippen LogP contribution in [0, 0.1) is 0 Å². The highest BCUT2D eigenvalue weighted by atomic mass is 16.5. The molecule has 0 saturated heterocycles. The van der Waals surface area contributed by atoms with E-state index >= 15 is 0 Å². The van der Waals surface area contributed by atoms with Crippen molar-refractivity contribution >= 4 is 11.9 Å². The van der Waals surface area contributed by atoms with Crippen molar-refractivity contribution in [2.24, 2.45) is 0 Å². The van der Waals surface area contributed by atoms with Crippen LogP contribution in [0.1, 0.15) is 226 Å². The van der Waals surface area contributed by atoms with Crippen LogP contribution >= 0.6 is 0 Å². The van der Waals surface area contributed by atoms with Crippen LogP contribution in [0.25, 0.3) is 0 Å². The maximum absolute atomic E-state index is 13.1. The molecule has 0 bridgehead atoms. The van der Waals surface area contributed by atoms with E-state index in [9.17, 15) is 19.8 Å². The number of carbonyl (C=O) groups excluding carboxylic acids is 2. The summed E-state index contributed by atoms with van der Waals surface area (Å²) in [6, 6.07) is -0.698. The van der Waals surface area contributed by atoms with Gasteiger partial charge in [-0.1, -0.05) is 186 Å². The largest absolute Gasteiger partial charge is 0.462 e. The number of carbonyl (C=O) groups is 2. The van der Waals surface area contributed by atoms with Crippen LogP contribution in [0.3, 0.4) is 0 Å². The maximum atomic E-state index is 13.1. The van der Waals surface area contributed by atoms with Gasteiger partial charge in [-0.3, -0.25) is 9.59 Å². The van der Waals surface area contributed by atoms with Gasteiger partial charge in [0.15, 0.2) is 0 Å². The summed E-state index contributed by atoms with van der Waals surface area (Å²) in [6.45, 7) is 6.34. The first-order valence-electron chi connectivity index (χ1n) is 22.1. The van der Waals surface area contributed by atoms with E-state index in [1.54, 1.807) is 0 Å². The van der Waals surface area contributed by atoms with Gasteiger partial charge in [-0.15, -0.1) is 0 Å². The lowest BCUT2D eigenvalue weighted by atomic mass is 10.0. The molecule has 6 heteroatoms. The maximum Gasteiger partial charge on any atom is 0.306 e. The molecule has 0 aliphatic carbocycles. The number of unbranched alkanes of at least 4 members (excludes halogenated alkanes) is 23. The third kappa shape index (κ3) is 35.2. The van der Waals surface area contributed by atoms with Gasteiger partial charge in [0.2, 0.25) is 5.91 Å². The monoisotopic (exact) mass is 720 g/mol. The van der Waals surface area contributed by atoms with Crippen LogP contribution in [0.4, 0.5) is 0 Å². The molecule has 0 radical (unpaired) electrons. The Kier molecular flexibility index (Phi) is 38.3. The molecule has 0 spiro atoms. The van der Waals surface area contributed by atoms with Crippen LogP contribution in [-0.2, 0) is 14.3 Å². The SMILES string of the molecule is CC/C=C/C/C=C/CCCCCCCC(CC(=O)NC(CO)C(O)CCCCCCCCCCCC)OC(=O)CCCCCCCCCCCC. The van der Waals surface area contributed by atoms with E-state index in [1.807, 2.05) is 0 Å². The second-order valence-corrected chi connectivity index (χ2v) is 15.1. The van der Waals surface area contributed by atoms with E-state index in [0.717, 1.165) is 77.0 Å². The highest BCUT2D eigenvalue weighted by Gasteiger charge is 2.24. The summed E-state index contributed by atoms with van der Waals surface area (Å²) >= 11 is 0. The molecule has 300 valence electrons. The van der Waals surface area contributed by atoms with E-state index in [0.29, 0.717) is 19.3 Å². The summed E-state index contributed by atoms with van der Waals surface area (Å²) in [5.74, 6) is -0.485. The van der Waals surface area contributed by atoms with Gasteiger partial charge in [0, 0.05) is 6.42 Å². The molecule has 3 unspecified atom stereocenters. The predicted molar refractivity (Wildman–Crippen MR) is 218 cm³/mol. The number of rotatable bonds is 39. The first-order valence-corrected chi connectivity index (χ1v) is 22.1. The first-order chi connectivity index (χ1) is 25.0. The highest BCUT2D eigenvalue weighted by molar-refractivity contribution is 5.77. The first kappa shape index (κ1) is 49.3. The van der Waals surface area contributed by atoms with Gasteiger partial charge in [0.05, 0.1) is 25.2 Å². The number of aliphatic hydroxyl groups is 2. The van der Waals surface area contributed by atoms with E-state index < -0.39 is 18.2 Å². The molecular weight excluding hydrogens is 634 g/mol. The number of nitrogens with one attached hydrogen (secondary N) is 1. The number of hydrogen-bond donors (Lipinski definition) is 3. The fourth-order valence-electron chi connectivity index (χ4n) is 6.70. The third-order valence-electron chi connectivity index (χ3n) is 10.0. The minimum atomic E-state index is -0.784. The molecular formula is C45H85NO5. The quantitative estimate of drug-likeness (QED) is 0.0334. The Morgan fingerprint density at radius 2 is 1.06 bits per heavy atom. The smallest absolute Gasteiger partial charge is 0.306 e. The minimum Gasteiger partial charge on any atom is -0.462 e. The van der Waals surface area contributed by atoms with Crippen LogP contribution < -0.4 is 5.32 Å². The predicted octanol–water partition coefficient (Wildman–Crippen LogP) is 12.4. The zero-order chi connectivity index (χ0) is 37.5. The van der Waals surface area contributed by atoms with Crippen molar-refractivity contribution in [2.75, 3.05) is 6.61 Å². The molecule has 0 saturated carbocycles. The lowest BCUT2D eigenvalue weighted by molar-refractivity contribution is -0.151. The molecule has 0 heterocycles. The summed E-state index contributed by atoms with van der Waals surface area (Å²) in [6.07, 6.45) is 42.4. The van der Waals surface area contributed by atoms with E-state index in [1.165, 1.54) is 103 Å². The molecule has 6 nitrogen and oxygen atoms in total. The summed E-state index contributed by atoms with van der Waals surface area (Å²) in [5, 5.41) is 23.6. The molecule has 0 aliphatic heterocycles. The number of hydrogen-bond acceptors (Lipinski definition) is 5. The Morgan fingerprint density at radius 1 is 0.588 bits per heavy atom. The highest BCUT2D eigenvalue weighted by Crippen LogP contribution is 2.17. The molecule has 1 amide bonds. The average Bonchev–Trinajstić information content (AvgIpc) is 3.12.